The van der Waals surface area contributed by atoms with Crippen LogP contribution in [0.2, 0.25) is 5.02 Å². The van der Waals surface area contributed by atoms with E-state index in [-0.39, 0.29) is 11.3 Å². The predicted octanol–water partition coefficient (Wildman–Crippen LogP) is 4.62. The lowest BCUT2D eigenvalue weighted by atomic mass is 10.2. The second-order valence-electron chi connectivity index (χ2n) is 4.22. The van der Waals surface area contributed by atoms with Gasteiger partial charge in [-0.3, -0.25) is 0 Å². The summed E-state index contributed by atoms with van der Waals surface area (Å²) in [5.41, 5.74) is 0.841. The van der Waals surface area contributed by atoms with Gasteiger partial charge in [0.2, 0.25) is 5.76 Å². The number of nitrogens with zero attached hydrogens (tertiary/aromatic N) is 2. The molecule has 3 aromatic rings. The van der Waals surface area contributed by atoms with E-state index in [1.54, 1.807) is 30.3 Å². The van der Waals surface area contributed by atoms with Crippen molar-refractivity contribution in [3.8, 4) is 23.6 Å². The molecule has 0 bridgehead atoms. The minimum absolute atomic E-state index is 0.0649. The lowest BCUT2D eigenvalue weighted by Gasteiger charge is -2.06. The Hall–Kier alpha value is -2.95. The number of hydrogen-bond donors (Lipinski definition) is 0. The molecule has 0 N–H and O–H groups in total. The molecule has 0 saturated carbocycles. The Morgan fingerprint density at radius 1 is 1.05 bits per heavy atom. The van der Waals surface area contributed by atoms with E-state index in [4.69, 9.17) is 31.3 Å². The van der Waals surface area contributed by atoms with Gasteiger partial charge in [0.15, 0.2) is 5.75 Å². The first kappa shape index (κ1) is 13.1. The second kappa shape index (κ2) is 5.20. The minimum Gasteiger partial charge on any atom is -0.450 e. The van der Waals surface area contributed by atoms with Crippen LogP contribution in [-0.2, 0) is 0 Å². The smallest absolute Gasteiger partial charge is 0.247 e. The van der Waals surface area contributed by atoms with E-state index in [1.165, 1.54) is 6.07 Å². The maximum atomic E-state index is 9.16. The highest BCUT2D eigenvalue weighted by Crippen LogP contribution is 2.37. The quantitative estimate of drug-likeness (QED) is 0.691. The molecule has 2 aromatic carbocycles. The molecule has 0 aliphatic heterocycles. The molecule has 0 aliphatic rings. The standard InChI is InChI=1S/C16H7ClN2O2/c17-11-5-6-13(10(7-11)8-18)21-16-12-3-1-2-4-14(12)20-15(16)9-19/h1-7H. The third kappa shape index (κ3) is 2.29. The normalized spacial score (nSPS) is 10.0. The van der Waals surface area contributed by atoms with Gasteiger partial charge in [0.05, 0.1) is 10.9 Å². The number of furan rings is 1. The van der Waals surface area contributed by atoms with Gasteiger partial charge in [-0.05, 0) is 30.3 Å². The monoisotopic (exact) mass is 294 g/mol. The average molecular weight is 295 g/mol. The summed E-state index contributed by atoms with van der Waals surface area (Å²) in [6, 6.07) is 15.8. The van der Waals surface area contributed by atoms with Crippen molar-refractivity contribution in [2.24, 2.45) is 0 Å². The van der Waals surface area contributed by atoms with Crippen LogP contribution in [0, 0.1) is 22.7 Å². The molecule has 5 heteroatoms. The second-order valence-corrected chi connectivity index (χ2v) is 4.66. The van der Waals surface area contributed by atoms with E-state index in [2.05, 4.69) is 0 Å². The third-order valence-electron chi connectivity index (χ3n) is 2.93. The van der Waals surface area contributed by atoms with Crippen molar-refractivity contribution < 1.29 is 9.15 Å². The van der Waals surface area contributed by atoms with Gasteiger partial charge in [-0.1, -0.05) is 23.7 Å². The SMILES string of the molecule is N#Cc1cc(Cl)ccc1Oc1c(C#N)oc2ccccc12. The fraction of sp³-hybridized carbons (Fsp3) is 0. The van der Waals surface area contributed by atoms with Crippen molar-refractivity contribution >= 4 is 22.6 Å². The van der Waals surface area contributed by atoms with Gasteiger partial charge in [-0.15, -0.1) is 0 Å². The van der Waals surface area contributed by atoms with Gasteiger partial charge in [-0.25, -0.2) is 0 Å². The highest BCUT2D eigenvalue weighted by molar-refractivity contribution is 6.30. The van der Waals surface area contributed by atoms with E-state index >= 15 is 0 Å². The van der Waals surface area contributed by atoms with E-state index in [0.717, 1.165) is 0 Å². The summed E-state index contributed by atoms with van der Waals surface area (Å²) >= 11 is 5.85. The molecule has 0 aliphatic carbocycles. The number of halogens is 1. The molecule has 100 valence electrons. The predicted molar refractivity (Wildman–Crippen MR) is 77.2 cm³/mol. The Morgan fingerprint density at radius 2 is 1.86 bits per heavy atom. The summed E-state index contributed by atoms with van der Waals surface area (Å²) in [4.78, 5) is 0. The fourth-order valence-electron chi connectivity index (χ4n) is 1.99. The van der Waals surface area contributed by atoms with Gasteiger partial charge in [0.1, 0.15) is 23.5 Å². The van der Waals surface area contributed by atoms with Crippen LogP contribution in [0.4, 0.5) is 0 Å². The Labute approximate surface area is 125 Å². The first-order valence-electron chi connectivity index (χ1n) is 6.02. The summed E-state index contributed by atoms with van der Waals surface area (Å²) in [5.74, 6) is 0.687. The molecule has 0 unspecified atom stereocenters. The Balaban J connectivity index is 2.15. The van der Waals surface area contributed by atoms with Crippen LogP contribution >= 0.6 is 11.6 Å². The summed E-state index contributed by atoms with van der Waals surface area (Å²) < 4.78 is 11.2. The van der Waals surface area contributed by atoms with Crippen LogP contribution in [0.15, 0.2) is 46.9 Å². The molecule has 1 heterocycles. The van der Waals surface area contributed by atoms with Gasteiger partial charge in [0, 0.05) is 5.02 Å². The highest BCUT2D eigenvalue weighted by atomic mass is 35.5. The van der Waals surface area contributed by atoms with Crippen LogP contribution in [-0.4, -0.2) is 0 Å². The summed E-state index contributed by atoms with van der Waals surface area (Å²) in [6.45, 7) is 0. The van der Waals surface area contributed by atoms with E-state index in [1.807, 2.05) is 18.2 Å². The number of rotatable bonds is 2. The molecule has 0 saturated heterocycles. The van der Waals surface area contributed by atoms with Gasteiger partial charge >= 0.3 is 0 Å². The van der Waals surface area contributed by atoms with Crippen molar-refractivity contribution in [1.29, 1.82) is 10.5 Å². The zero-order chi connectivity index (χ0) is 14.8. The van der Waals surface area contributed by atoms with E-state index in [0.29, 0.717) is 27.5 Å². The van der Waals surface area contributed by atoms with Crippen LogP contribution < -0.4 is 4.74 Å². The lowest BCUT2D eigenvalue weighted by molar-refractivity contribution is 0.466. The molecule has 21 heavy (non-hydrogen) atoms. The minimum atomic E-state index is 0.0649. The number of hydrogen-bond acceptors (Lipinski definition) is 4. The Morgan fingerprint density at radius 3 is 2.62 bits per heavy atom. The maximum absolute atomic E-state index is 9.16. The topological polar surface area (TPSA) is 69.9 Å². The molecule has 4 nitrogen and oxygen atoms in total. The lowest BCUT2D eigenvalue weighted by Crippen LogP contribution is -1.89. The van der Waals surface area contributed by atoms with Crippen molar-refractivity contribution in [1.82, 2.24) is 0 Å². The molecule has 0 fully saturated rings. The molecule has 0 atom stereocenters. The number of para-hydroxylation sites is 1. The number of nitriles is 2. The average Bonchev–Trinajstić information content (AvgIpc) is 2.87. The molecule has 0 amide bonds. The Bertz CT molecular complexity index is 916. The zero-order valence-electron chi connectivity index (χ0n) is 10.6. The van der Waals surface area contributed by atoms with Crippen molar-refractivity contribution in [3.63, 3.8) is 0 Å². The van der Waals surface area contributed by atoms with E-state index < -0.39 is 0 Å². The molecule has 3 rings (SSSR count). The van der Waals surface area contributed by atoms with Gasteiger partial charge < -0.3 is 9.15 Å². The van der Waals surface area contributed by atoms with Crippen molar-refractivity contribution in [2.75, 3.05) is 0 Å². The van der Waals surface area contributed by atoms with Crippen molar-refractivity contribution in [2.45, 2.75) is 0 Å². The maximum Gasteiger partial charge on any atom is 0.247 e. The summed E-state index contributed by atoms with van der Waals surface area (Å²) in [5, 5.41) is 19.4. The zero-order valence-corrected chi connectivity index (χ0v) is 11.4. The van der Waals surface area contributed by atoms with Crippen molar-refractivity contribution in [3.05, 3.63) is 58.8 Å². The number of benzene rings is 2. The summed E-state index contributed by atoms with van der Waals surface area (Å²) in [7, 11) is 0. The highest BCUT2D eigenvalue weighted by Gasteiger charge is 2.17. The van der Waals surface area contributed by atoms with Crippen LogP contribution in [0.25, 0.3) is 11.0 Å². The number of ether oxygens (including phenoxy) is 1. The molecule has 0 spiro atoms. The summed E-state index contributed by atoms with van der Waals surface area (Å²) in [6.07, 6.45) is 0. The molecular formula is C16H7ClN2O2. The van der Waals surface area contributed by atoms with Crippen LogP contribution in [0.5, 0.6) is 11.5 Å². The fourth-order valence-corrected chi connectivity index (χ4v) is 2.16. The first-order valence-corrected chi connectivity index (χ1v) is 6.40. The number of fused-ring (bicyclic) bond motifs is 1. The van der Waals surface area contributed by atoms with Crippen LogP contribution in [0.3, 0.4) is 0 Å². The molecular weight excluding hydrogens is 288 g/mol. The largest absolute Gasteiger partial charge is 0.450 e. The van der Waals surface area contributed by atoms with Crippen LogP contribution in [0.1, 0.15) is 11.3 Å². The third-order valence-corrected chi connectivity index (χ3v) is 3.16. The first-order chi connectivity index (χ1) is 10.2. The molecule has 1 aromatic heterocycles. The van der Waals surface area contributed by atoms with Gasteiger partial charge in [0.25, 0.3) is 0 Å². The van der Waals surface area contributed by atoms with Gasteiger partial charge in [-0.2, -0.15) is 10.5 Å². The van der Waals surface area contributed by atoms with E-state index in [9.17, 15) is 0 Å². The Kier molecular flexibility index (Phi) is 3.23. The molecule has 0 radical (unpaired) electrons.